The lowest BCUT2D eigenvalue weighted by Gasteiger charge is -2.39. The van der Waals surface area contributed by atoms with Crippen molar-refractivity contribution in [2.45, 2.75) is 39.7 Å². The number of ether oxygens (including phenoxy) is 1. The molecular formula is C16H26N2O. The molecule has 1 saturated heterocycles. The van der Waals surface area contributed by atoms with Crippen LogP contribution < -0.4 is 10.5 Å². The number of nitrogens with two attached hydrogens (primary N) is 1. The van der Waals surface area contributed by atoms with Gasteiger partial charge in [0, 0.05) is 23.9 Å². The SMILES string of the molecule is CCC1(C)CCN(Cc2ccc(N)cc2OC)CC1. The minimum Gasteiger partial charge on any atom is -0.496 e. The quantitative estimate of drug-likeness (QED) is 0.846. The topological polar surface area (TPSA) is 38.5 Å². The Kier molecular flexibility index (Phi) is 4.35. The summed E-state index contributed by atoms with van der Waals surface area (Å²) in [5.74, 6) is 0.906. The van der Waals surface area contributed by atoms with Gasteiger partial charge in [-0.05, 0) is 37.4 Å². The molecule has 0 aromatic heterocycles. The number of hydrogen-bond acceptors (Lipinski definition) is 3. The predicted octanol–water partition coefficient (Wildman–Crippen LogP) is 3.29. The average Bonchev–Trinajstić information content (AvgIpc) is 2.43. The standard InChI is InChI=1S/C16H26N2O/c1-4-16(2)7-9-18(10-8-16)12-13-5-6-14(17)11-15(13)19-3/h5-6,11H,4,7-10,12,17H2,1-3H3. The van der Waals surface area contributed by atoms with Gasteiger partial charge in [-0.1, -0.05) is 26.3 Å². The van der Waals surface area contributed by atoms with Gasteiger partial charge in [0.2, 0.25) is 0 Å². The molecule has 19 heavy (non-hydrogen) atoms. The van der Waals surface area contributed by atoms with Crippen molar-refractivity contribution in [2.24, 2.45) is 5.41 Å². The second kappa shape index (κ2) is 5.83. The van der Waals surface area contributed by atoms with Crippen LogP contribution in [0.25, 0.3) is 0 Å². The van der Waals surface area contributed by atoms with Crippen LogP contribution in [0.1, 0.15) is 38.7 Å². The van der Waals surface area contributed by atoms with E-state index in [0.717, 1.165) is 18.0 Å². The lowest BCUT2D eigenvalue weighted by atomic mass is 9.78. The van der Waals surface area contributed by atoms with Crippen LogP contribution in [0.2, 0.25) is 0 Å². The summed E-state index contributed by atoms with van der Waals surface area (Å²) in [4.78, 5) is 2.52. The maximum Gasteiger partial charge on any atom is 0.125 e. The van der Waals surface area contributed by atoms with Crippen LogP contribution in [0.5, 0.6) is 5.75 Å². The number of piperidine rings is 1. The number of rotatable bonds is 4. The summed E-state index contributed by atoms with van der Waals surface area (Å²) >= 11 is 0. The molecule has 2 N–H and O–H groups in total. The summed E-state index contributed by atoms with van der Waals surface area (Å²) in [5, 5.41) is 0. The van der Waals surface area contributed by atoms with Gasteiger partial charge >= 0.3 is 0 Å². The Morgan fingerprint density at radius 2 is 2.00 bits per heavy atom. The summed E-state index contributed by atoms with van der Waals surface area (Å²) in [7, 11) is 1.71. The maximum absolute atomic E-state index is 5.80. The van der Waals surface area contributed by atoms with Gasteiger partial charge in [0.25, 0.3) is 0 Å². The van der Waals surface area contributed by atoms with E-state index < -0.39 is 0 Å². The van der Waals surface area contributed by atoms with Crippen molar-refractivity contribution in [1.29, 1.82) is 0 Å². The van der Waals surface area contributed by atoms with Gasteiger partial charge in [-0.15, -0.1) is 0 Å². The first-order valence-electron chi connectivity index (χ1n) is 7.21. The highest BCUT2D eigenvalue weighted by Crippen LogP contribution is 2.35. The van der Waals surface area contributed by atoms with Crippen molar-refractivity contribution in [3.05, 3.63) is 23.8 Å². The van der Waals surface area contributed by atoms with E-state index in [1.54, 1.807) is 7.11 Å². The van der Waals surface area contributed by atoms with Crippen LogP contribution in [-0.2, 0) is 6.54 Å². The van der Waals surface area contributed by atoms with E-state index >= 15 is 0 Å². The molecule has 106 valence electrons. The molecule has 2 rings (SSSR count). The van der Waals surface area contributed by atoms with Gasteiger partial charge in [-0.2, -0.15) is 0 Å². The third-order valence-electron chi connectivity index (χ3n) is 4.62. The number of benzene rings is 1. The van der Waals surface area contributed by atoms with Crippen molar-refractivity contribution >= 4 is 5.69 Å². The normalized spacial score (nSPS) is 19.3. The number of nitrogen functional groups attached to an aromatic ring is 1. The summed E-state index contributed by atoms with van der Waals surface area (Å²) in [6.07, 6.45) is 3.87. The van der Waals surface area contributed by atoms with E-state index in [4.69, 9.17) is 10.5 Å². The average molecular weight is 262 g/mol. The molecule has 1 aliphatic heterocycles. The third-order valence-corrected chi connectivity index (χ3v) is 4.62. The Morgan fingerprint density at radius 1 is 1.32 bits per heavy atom. The molecule has 1 heterocycles. The monoisotopic (exact) mass is 262 g/mol. The van der Waals surface area contributed by atoms with Crippen LogP contribution in [0.4, 0.5) is 5.69 Å². The molecule has 0 unspecified atom stereocenters. The molecule has 0 bridgehead atoms. The van der Waals surface area contributed by atoms with Crippen molar-refractivity contribution in [1.82, 2.24) is 4.90 Å². The number of nitrogens with zero attached hydrogens (tertiary/aromatic N) is 1. The van der Waals surface area contributed by atoms with Gasteiger partial charge in [0.1, 0.15) is 5.75 Å². The molecule has 1 aromatic rings. The zero-order valence-corrected chi connectivity index (χ0v) is 12.4. The van der Waals surface area contributed by atoms with Crippen LogP contribution >= 0.6 is 0 Å². The number of hydrogen-bond donors (Lipinski definition) is 1. The zero-order chi connectivity index (χ0) is 13.9. The van der Waals surface area contributed by atoms with E-state index in [1.165, 1.54) is 37.9 Å². The van der Waals surface area contributed by atoms with Crippen LogP contribution in [-0.4, -0.2) is 25.1 Å². The summed E-state index contributed by atoms with van der Waals surface area (Å²) in [5.41, 5.74) is 8.33. The van der Waals surface area contributed by atoms with E-state index in [9.17, 15) is 0 Å². The molecule has 1 fully saturated rings. The first-order valence-corrected chi connectivity index (χ1v) is 7.21. The highest BCUT2D eigenvalue weighted by Gasteiger charge is 2.28. The molecular weight excluding hydrogens is 236 g/mol. The molecule has 1 aromatic carbocycles. The first-order chi connectivity index (χ1) is 9.06. The molecule has 0 saturated carbocycles. The van der Waals surface area contributed by atoms with Gasteiger partial charge in [-0.25, -0.2) is 0 Å². The predicted molar refractivity (Wildman–Crippen MR) is 80.3 cm³/mol. The fourth-order valence-corrected chi connectivity index (χ4v) is 2.74. The highest BCUT2D eigenvalue weighted by atomic mass is 16.5. The number of likely N-dealkylation sites (tertiary alicyclic amines) is 1. The molecule has 0 atom stereocenters. The van der Waals surface area contributed by atoms with Crippen molar-refractivity contribution < 1.29 is 4.74 Å². The van der Waals surface area contributed by atoms with Gasteiger partial charge < -0.3 is 10.5 Å². The largest absolute Gasteiger partial charge is 0.496 e. The number of anilines is 1. The Bertz CT molecular complexity index is 423. The molecule has 1 aliphatic rings. The van der Waals surface area contributed by atoms with Crippen molar-refractivity contribution in [3.63, 3.8) is 0 Å². The van der Waals surface area contributed by atoms with Gasteiger partial charge in [0.15, 0.2) is 0 Å². The fraction of sp³-hybridized carbons (Fsp3) is 0.625. The lowest BCUT2D eigenvalue weighted by molar-refractivity contribution is 0.109. The first kappa shape index (κ1) is 14.2. The number of methoxy groups -OCH3 is 1. The van der Waals surface area contributed by atoms with E-state index in [0.29, 0.717) is 5.41 Å². The minimum absolute atomic E-state index is 0.543. The molecule has 0 radical (unpaired) electrons. The van der Waals surface area contributed by atoms with Crippen LogP contribution in [0.3, 0.4) is 0 Å². The van der Waals surface area contributed by atoms with E-state index in [2.05, 4.69) is 24.8 Å². The fourth-order valence-electron chi connectivity index (χ4n) is 2.74. The Morgan fingerprint density at radius 3 is 2.58 bits per heavy atom. The second-order valence-electron chi connectivity index (χ2n) is 6.01. The lowest BCUT2D eigenvalue weighted by Crippen LogP contribution is -2.37. The molecule has 0 spiro atoms. The van der Waals surface area contributed by atoms with E-state index in [1.807, 2.05) is 12.1 Å². The zero-order valence-electron chi connectivity index (χ0n) is 12.4. The van der Waals surface area contributed by atoms with Crippen LogP contribution in [0.15, 0.2) is 18.2 Å². The van der Waals surface area contributed by atoms with E-state index in [-0.39, 0.29) is 0 Å². The van der Waals surface area contributed by atoms with Crippen molar-refractivity contribution in [2.75, 3.05) is 25.9 Å². The van der Waals surface area contributed by atoms with Crippen molar-refractivity contribution in [3.8, 4) is 5.75 Å². The summed E-state index contributed by atoms with van der Waals surface area (Å²) < 4.78 is 5.42. The third kappa shape index (κ3) is 3.41. The Labute approximate surface area is 116 Å². The Balaban J connectivity index is 1.99. The maximum atomic E-state index is 5.80. The van der Waals surface area contributed by atoms with Gasteiger partial charge in [-0.3, -0.25) is 4.90 Å². The second-order valence-corrected chi connectivity index (χ2v) is 6.01. The van der Waals surface area contributed by atoms with Gasteiger partial charge in [0.05, 0.1) is 7.11 Å². The Hall–Kier alpha value is -1.22. The molecule has 0 amide bonds. The summed E-state index contributed by atoms with van der Waals surface area (Å²) in [6, 6.07) is 5.95. The molecule has 0 aliphatic carbocycles. The van der Waals surface area contributed by atoms with Crippen LogP contribution in [0, 0.1) is 5.41 Å². The molecule has 3 nitrogen and oxygen atoms in total. The minimum atomic E-state index is 0.543. The molecule has 3 heteroatoms. The highest BCUT2D eigenvalue weighted by molar-refractivity contribution is 5.48. The summed E-state index contributed by atoms with van der Waals surface area (Å²) in [6.45, 7) is 8.03. The smallest absolute Gasteiger partial charge is 0.125 e.